The Morgan fingerprint density at radius 1 is 0.853 bits per heavy atom. The van der Waals surface area contributed by atoms with Crippen molar-refractivity contribution in [2.45, 2.75) is 19.3 Å². The molecule has 0 radical (unpaired) electrons. The Bertz CT molecular complexity index is 1160. The maximum Gasteiger partial charge on any atom is 0.323 e. The van der Waals surface area contributed by atoms with Crippen LogP contribution in [0.3, 0.4) is 0 Å². The molecule has 0 bridgehead atoms. The number of methoxy groups -OCH3 is 1. The number of carbonyl (C=O) groups excluding carboxylic acids is 2. The number of urea groups is 1. The summed E-state index contributed by atoms with van der Waals surface area (Å²) in [5.41, 5.74) is 3.12. The highest BCUT2D eigenvalue weighted by Gasteiger charge is 2.18. The summed E-state index contributed by atoms with van der Waals surface area (Å²) in [4.78, 5) is 27.8. The van der Waals surface area contributed by atoms with Crippen LogP contribution in [0.15, 0.2) is 66.7 Å². The van der Waals surface area contributed by atoms with E-state index >= 15 is 0 Å². The molecule has 3 aromatic rings. The van der Waals surface area contributed by atoms with Gasteiger partial charge in [-0.2, -0.15) is 0 Å². The zero-order chi connectivity index (χ0) is 23.9. The minimum atomic E-state index is -0.377. The molecule has 0 unspecified atom stereocenters. The van der Waals surface area contributed by atoms with Crippen LogP contribution in [0, 0.1) is 0 Å². The number of hydrogen-bond donors (Lipinski definition) is 3. The van der Waals surface area contributed by atoms with Crippen molar-refractivity contribution < 1.29 is 14.3 Å². The van der Waals surface area contributed by atoms with E-state index in [0.717, 1.165) is 31.6 Å². The highest BCUT2D eigenvalue weighted by molar-refractivity contribution is 6.34. The SMILES string of the molecule is COc1ccc(NC(=O)Nc2cc(NC(=O)c3ccccc3Cl)ccc2N2CCCCC2)cc1. The Morgan fingerprint density at radius 2 is 1.56 bits per heavy atom. The monoisotopic (exact) mass is 478 g/mol. The fourth-order valence-electron chi connectivity index (χ4n) is 3.93. The van der Waals surface area contributed by atoms with Crippen molar-refractivity contribution in [1.82, 2.24) is 0 Å². The van der Waals surface area contributed by atoms with E-state index in [4.69, 9.17) is 16.3 Å². The number of nitrogens with one attached hydrogen (secondary N) is 3. The van der Waals surface area contributed by atoms with Gasteiger partial charge in [0, 0.05) is 24.5 Å². The fourth-order valence-corrected chi connectivity index (χ4v) is 4.15. The average molecular weight is 479 g/mol. The Morgan fingerprint density at radius 3 is 2.26 bits per heavy atom. The molecular formula is C26H27ClN4O3. The molecule has 0 atom stereocenters. The van der Waals surface area contributed by atoms with Crippen molar-refractivity contribution in [2.24, 2.45) is 0 Å². The lowest BCUT2D eigenvalue weighted by molar-refractivity contribution is 0.102. The lowest BCUT2D eigenvalue weighted by atomic mass is 10.1. The molecule has 3 amide bonds. The third-order valence-corrected chi connectivity index (χ3v) is 6.00. The minimum Gasteiger partial charge on any atom is -0.497 e. The van der Waals surface area contributed by atoms with Gasteiger partial charge in [-0.15, -0.1) is 0 Å². The maximum absolute atomic E-state index is 12.8. The number of benzene rings is 3. The topological polar surface area (TPSA) is 82.7 Å². The van der Waals surface area contributed by atoms with Crippen LogP contribution in [-0.2, 0) is 0 Å². The predicted molar refractivity (Wildman–Crippen MR) is 138 cm³/mol. The molecule has 3 aromatic carbocycles. The first-order valence-electron chi connectivity index (χ1n) is 11.2. The predicted octanol–water partition coefficient (Wildman–Crippen LogP) is 6.24. The number of hydrogen-bond acceptors (Lipinski definition) is 4. The van der Waals surface area contributed by atoms with Gasteiger partial charge in [0.05, 0.1) is 29.1 Å². The molecule has 0 aromatic heterocycles. The molecule has 0 aliphatic carbocycles. The van der Waals surface area contributed by atoms with Gasteiger partial charge >= 0.3 is 6.03 Å². The summed E-state index contributed by atoms with van der Waals surface area (Å²) in [6.45, 7) is 1.83. The standard InChI is InChI=1S/C26H27ClN4O3/c1-34-20-12-9-18(10-13-20)29-26(33)30-23-17-19(11-14-24(23)31-15-5-2-6-16-31)28-25(32)21-7-3-4-8-22(21)27/h3-4,7-14,17H,2,5-6,15-16H2,1H3,(H,28,32)(H2,29,30,33). The summed E-state index contributed by atoms with van der Waals surface area (Å²) >= 11 is 6.17. The van der Waals surface area contributed by atoms with Crippen LogP contribution in [0.2, 0.25) is 5.02 Å². The van der Waals surface area contributed by atoms with Gasteiger partial charge in [-0.05, 0) is 73.9 Å². The third kappa shape index (κ3) is 5.80. The van der Waals surface area contributed by atoms with Crippen LogP contribution in [0.5, 0.6) is 5.75 Å². The lowest BCUT2D eigenvalue weighted by Gasteiger charge is -2.31. The second-order valence-corrected chi connectivity index (χ2v) is 8.43. The first-order chi connectivity index (χ1) is 16.5. The lowest BCUT2D eigenvalue weighted by Crippen LogP contribution is -2.31. The zero-order valence-electron chi connectivity index (χ0n) is 18.9. The number of anilines is 4. The highest BCUT2D eigenvalue weighted by atomic mass is 35.5. The number of nitrogens with zero attached hydrogens (tertiary/aromatic N) is 1. The van der Waals surface area contributed by atoms with Crippen molar-refractivity contribution in [3.05, 3.63) is 77.3 Å². The maximum atomic E-state index is 12.8. The summed E-state index contributed by atoms with van der Waals surface area (Å²) in [6, 6.07) is 19.1. The van der Waals surface area contributed by atoms with Crippen LogP contribution >= 0.6 is 11.6 Å². The van der Waals surface area contributed by atoms with E-state index in [-0.39, 0.29) is 11.9 Å². The average Bonchev–Trinajstić information content (AvgIpc) is 2.85. The van der Waals surface area contributed by atoms with Gasteiger partial charge < -0.3 is 25.6 Å². The molecule has 176 valence electrons. The molecule has 1 aliphatic rings. The van der Waals surface area contributed by atoms with Crippen LogP contribution < -0.4 is 25.6 Å². The van der Waals surface area contributed by atoms with E-state index in [1.165, 1.54) is 6.42 Å². The van der Waals surface area contributed by atoms with Gasteiger partial charge in [-0.1, -0.05) is 23.7 Å². The summed E-state index contributed by atoms with van der Waals surface area (Å²) in [5, 5.41) is 9.04. The Kier molecular flexibility index (Phi) is 7.54. The number of amides is 3. The van der Waals surface area contributed by atoms with E-state index in [2.05, 4.69) is 20.9 Å². The molecule has 0 spiro atoms. The van der Waals surface area contributed by atoms with E-state index in [9.17, 15) is 9.59 Å². The van der Waals surface area contributed by atoms with Crippen LogP contribution in [0.25, 0.3) is 0 Å². The molecule has 1 aliphatic heterocycles. The summed E-state index contributed by atoms with van der Waals surface area (Å²) < 4.78 is 5.16. The van der Waals surface area contributed by atoms with Gasteiger partial charge in [0.25, 0.3) is 5.91 Å². The largest absolute Gasteiger partial charge is 0.497 e. The first kappa shape index (κ1) is 23.4. The molecule has 34 heavy (non-hydrogen) atoms. The third-order valence-electron chi connectivity index (χ3n) is 5.67. The normalized spacial score (nSPS) is 13.2. The van der Waals surface area contributed by atoms with Gasteiger partial charge in [-0.25, -0.2) is 4.79 Å². The summed E-state index contributed by atoms with van der Waals surface area (Å²) in [7, 11) is 1.59. The van der Waals surface area contributed by atoms with Crippen molar-refractivity contribution in [1.29, 1.82) is 0 Å². The van der Waals surface area contributed by atoms with Crippen molar-refractivity contribution in [3.8, 4) is 5.75 Å². The van der Waals surface area contributed by atoms with Crippen LogP contribution in [0.1, 0.15) is 29.6 Å². The Labute approximate surface area is 204 Å². The molecule has 1 fully saturated rings. The molecular weight excluding hydrogens is 452 g/mol. The summed E-state index contributed by atoms with van der Waals surface area (Å²) in [5.74, 6) is 0.394. The molecule has 0 saturated carbocycles. The summed E-state index contributed by atoms with van der Waals surface area (Å²) in [6.07, 6.45) is 3.40. The van der Waals surface area contributed by atoms with Gasteiger partial charge in [0.2, 0.25) is 0 Å². The van der Waals surface area contributed by atoms with Gasteiger partial charge in [0.1, 0.15) is 5.75 Å². The second-order valence-electron chi connectivity index (χ2n) is 8.02. The Balaban J connectivity index is 1.55. The van der Waals surface area contributed by atoms with E-state index in [1.54, 1.807) is 61.7 Å². The molecule has 8 heteroatoms. The van der Waals surface area contributed by atoms with Gasteiger partial charge in [-0.3, -0.25) is 4.79 Å². The van der Waals surface area contributed by atoms with E-state index in [0.29, 0.717) is 33.4 Å². The number of carbonyl (C=O) groups is 2. The zero-order valence-corrected chi connectivity index (χ0v) is 19.7. The van der Waals surface area contributed by atoms with Crippen LogP contribution in [0.4, 0.5) is 27.5 Å². The molecule has 1 saturated heterocycles. The number of piperidine rings is 1. The second kappa shape index (κ2) is 10.9. The van der Waals surface area contributed by atoms with Crippen molar-refractivity contribution in [3.63, 3.8) is 0 Å². The number of rotatable bonds is 6. The first-order valence-corrected chi connectivity index (χ1v) is 11.6. The van der Waals surface area contributed by atoms with Crippen LogP contribution in [-0.4, -0.2) is 32.1 Å². The smallest absolute Gasteiger partial charge is 0.323 e. The van der Waals surface area contributed by atoms with E-state index < -0.39 is 0 Å². The molecule has 4 rings (SSSR count). The van der Waals surface area contributed by atoms with Crippen molar-refractivity contribution in [2.75, 3.05) is 41.0 Å². The highest BCUT2D eigenvalue weighted by Crippen LogP contribution is 2.32. The molecule has 3 N–H and O–H groups in total. The van der Waals surface area contributed by atoms with Gasteiger partial charge in [0.15, 0.2) is 0 Å². The quantitative estimate of drug-likeness (QED) is 0.392. The van der Waals surface area contributed by atoms with E-state index in [1.807, 2.05) is 12.1 Å². The number of ether oxygens (including phenoxy) is 1. The number of halogens is 1. The fraction of sp³-hybridized carbons (Fsp3) is 0.231. The molecule has 1 heterocycles. The van der Waals surface area contributed by atoms with Crippen molar-refractivity contribution >= 4 is 46.3 Å². The minimum absolute atomic E-state index is 0.315. The Hall–Kier alpha value is -3.71. The molecule has 7 nitrogen and oxygen atoms in total.